The van der Waals surface area contributed by atoms with Crippen LogP contribution in [0.15, 0.2) is 24.3 Å². The smallest absolute Gasteiger partial charge is 0.323 e. The van der Waals surface area contributed by atoms with Gasteiger partial charge in [0.05, 0.1) is 6.61 Å². The molecule has 0 amide bonds. The molecule has 1 heterocycles. The minimum atomic E-state index is -0.0932. The second-order valence-corrected chi connectivity index (χ2v) is 5.30. The Bertz CT molecular complexity index is 419. The molecule has 1 aliphatic rings. The number of carbonyl (C=O) groups is 1. The minimum absolute atomic E-state index is 0.0869. The number of esters is 1. The average molecular weight is 282 g/mol. The van der Waals surface area contributed by atoms with Gasteiger partial charge in [-0.15, -0.1) is 0 Å². The SMILES string of the molecule is CCOC(=O)[C@H]1CCCCN1Cc1ccc(Cl)cc1. The fourth-order valence-electron chi connectivity index (χ4n) is 2.51. The van der Waals surface area contributed by atoms with E-state index in [2.05, 4.69) is 4.90 Å². The van der Waals surface area contributed by atoms with Gasteiger partial charge in [-0.25, -0.2) is 0 Å². The van der Waals surface area contributed by atoms with Gasteiger partial charge in [-0.3, -0.25) is 9.69 Å². The Labute approximate surface area is 119 Å². The summed E-state index contributed by atoms with van der Waals surface area (Å²) >= 11 is 5.89. The number of rotatable bonds is 4. The molecule has 19 heavy (non-hydrogen) atoms. The van der Waals surface area contributed by atoms with Gasteiger partial charge in [0.25, 0.3) is 0 Å². The molecule has 1 aliphatic heterocycles. The normalized spacial score (nSPS) is 20.2. The first-order valence-corrected chi connectivity index (χ1v) is 7.23. The van der Waals surface area contributed by atoms with Crippen molar-refractivity contribution < 1.29 is 9.53 Å². The van der Waals surface area contributed by atoms with E-state index in [4.69, 9.17) is 16.3 Å². The van der Waals surface area contributed by atoms with E-state index in [1.807, 2.05) is 31.2 Å². The van der Waals surface area contributed by atoms with Crippen LogP contribution in [0, 0.1) is 0 Å². The molecule has 0 N–H and O–H groups in total. The molecule has 0 bridgehead atoms. The van der Waals surface area contributed by atoms with Crippen LogP contribution in [0.4, 0.5) is 0 Å². The number of halogens is 1. The Balaban J connectivity index is 2.03. The van der Waals surface area contributed by atoms with Gasteiger partial charge < -0.3 is 4.74 Å². The van der Waals surface area contributed by atoms with Gasteiger partial charge in [-0.05, 0) is 44.0 Å². The van der Waals surface area contributed by atoms with Crippen molar-refractivity contribution in [1.82, 2.24) is 4.90 Å². The van der Waals surface area contributed by atoms with Crippen LogP contribution in [0.1, 0.15) is 31.7 Å². The summed E-state index contributed by atoms with van der Waals surface area (Å²) in [5, 5.41) is 0.740. The monoisotopic (exact) mass is 281 g/mol. The van der Waals surface area contributed by atoms with Crippen LogP contribution in [-0.2, 0) is 16.1 Å². The van der Waals surface area contributed by atoms with E-state index in [0.29, 0.717) is 6.61 Å². The maximum atomic E-state index is 12.0. The van der Waals surface area contributed by atoms with Crippen LogP contribution < -0.4 is 0 Å². The summed E-state index contributed by atoms with van der Waals surface area (Å²) in [6, 6.07) is 7.71. The van der Waals surface area contributed by atoms with Crippen molar-refractivity contribution in [2.24, 2.45) is 0 Å². The molecule has 2 rings (SSSR count). The van der Waals surface area contributed by atoms with Crippen molar-refractivity contribution in [2.45, 2.75) is 38.8 Å². The van der Waals surface area contributed by atoms with Gasteiger partial charge in [0.15, 0.2) is 0 Å². The second-order valence-electron chi connectivity index (χ2n) is 4.86. The number of hydrogen-bond acceptors (Lipinski definition) is 3. The predicted octanol–water partition coefficient (Wildman–Crippen LogP) is 3.26. The van der Waals surface area contributed by atoms with Crippen LogP contribution in [-0.4, -0.2) is 30.1 Å². The molecule has 0 aromatic heterocycles. The molecule has 1 saturated heterocycles. The van der Waals surface area contributed by atoms with Crippen LogP contribution >= 0.6 is 11.6 Å². The van der Waals surface area contributed by atoms with E-state index < -0.39 is 0 Å². The maximum Gasteiger partial charge on any atom is 0.323 e. The summed E-state index contributed by atoms with van der Waals surface area (Å²) < 4.78 is 5.17. The Morgan fingerprint density at radius 2 is 2.11 bits per heavy atom. The zero-order valence-electron chi connectivity index (χ0n) is 11.3. The number of carbonyl (C=O) groups excluding carboxylic acids is 1. The molecule has 1 fully saturated rings. The summed E-state index contributed by atoms with van der Waals surface area (Å²) in [6.45, 7) is 4.03. The third-order valence-corrected chi connectivity index (χ3v) is 3.72. The van der Waals surface area contributed by atoms with Crippen LogP contribution in [0.25, 0.3) is 0 Å². The Morgan fingerprint density at radius 1 is 1.37 bits per heavy atom. The van der Waals surface area contributed by atoms with Crippen molar-refractivity contribution in [3.05, 3.63) is 34.9 Å². The van der Waals surface area contributed by atoms with Gasteiger partial charge in [0, 0.05) is 11.6 Å². The molecular weight excluding hydrogens is 262 g/mol. The van der Waals surface area contributed by atoms with Gasteiger partial charge in [-0.1, -0.05) is 30.2 Å². The topological polar surface area (TPSA) is 29.5 Å². The second kappa shape index (κ2) is 6.92. The third kappa shape index (κ3) is 3.95. The van der Waals surface area contributed by atoms with Gasteiger partial charge in [0.1, 0.15) is 6.04 Å². The van der Waals surface area contributed by atoms with E-state index >= 15 is 0 Å². The van der Waals surface area contributed by atoms with Crippen LogP contribution in [0.2, 0.25) is 5.02 Å². The summed E-state index contributed by atoms with van der Waals surface area (Å²) in [5.74, 6) is -0.0869. The summed E-state index contributed by atoms with van der Waals surface area (Å²) in [4.78, 5) is 14.2. The zero-order chi connectivity index (χ0) is 13.7. The van der Waals surface area contributed by atoms with Crippen molar-refractivity contribution in [3.8, 4) is 0 Å². The third-order valence-electron chi connectivity index (χ3n) is 3.47. The highest BCUT2D eigenvalue weighted by Gasteiger charge is 2.29. The molecule has 104 valence electrons. The lowest BCUT2D eigenvalue weighted by Crippen LogP contribution is -2.44. The lowest BCUT2D eigenvalue weighted by atomic mass is 10.0. The first kappa shape index (κ1) is 14.4. The van der Waals surface area contributed by atoms with Gasteiger partial charge in [0.2, 0.25) is 0 Å². The molecule has 1 atom stereocenters. The van der Waals surface area contributed by atoms with E-state index in [9.17, 15) is 4.79 Å². The molecule has 0 saturated carbocycles. The fourth-order valence-corrected chi connectivity index (χ4v) is 2.64. The molecule has 4 heteroatoms. The molecule has 0 spiro atoms. The number of hydrogen-bond donors (Lipinski definition) is 0. The fraction of sp³-hybridized carbons (Fsp3) is 0.533. The molecule has 1 aromatic rings. The first-order chi connectivity index (χ1) is 9.20. The van der Waals surface area contributed by atoms with Crippen molar-refractivity contribution >= 4 is 17.6 Å². The number of piperidine rings is 1. The number of benzene rings is 1. The molecule has 0 aliphatic carbocycles. The van der Waals surface area contributed by atoms with Crippen LogP contribution in [0.3, 0.4) is 0 Å². The molecule has 3 nitrogen and oxygen atoms in total. The largest absolute Gasteiger partial charge is 0.465 e. The quantitative estimate of drug-likeness (QED) is 0.794. The standard InChI is InChI=1S/C15H20ClNO2/c1-2-19-15(18)14-5-3-4-10-17(14)11-12-6-8-13(16)9-7-12/h6-9,14H,2-5,10-11H2,1H3/t14-/m1/s1. The van der Waals surface area contributed by atoms with E-state index in [-0.39, 0.29) is 12.0 Å². The van der Waals surface area contributed by atoms with Crippen molar-refractivity contribution in [1.29, 1.82) is 0 Å². The lowest BCUT2D eigenvalue weighted by Gasteiger charge is -2.33. The highest BCUT2D eigenvalue weighted by atomic mass is 35.5. The summed E-state index contributed by atoms with van der Waals surface area (Å²) in [6.07, 6.45) is 3.14. The molecular formula is C15H20ClNO2. The average Bonchev–Trinajstić information content (AvgIpc) is 2.42. The van der Waals surface area contributed by atoms with Gasteiger partial charge in [-0.2, -0.15) is 0 Å². The minimum Gasteiger partial charge on any atom is -0.465 e. The zero-order valence-corrected chi connectivity index (χ0v) is 12.0. The Morgan fingerprint density at radius 3 is 2.79 bits per heavy atom. The number of ether oxygens (including phenoxy) is 1. The van der Waals surface area contributed by atoms with E-state index in [0.717, 1.165) is 37.4 Å². The molecule has 0 radical (unpaired) electrons. The predicted molar refractivity (Wildman–Crippen MR) is 76.1 cm³/mol. The number of nitrogens with zero attached hydrogens (tertiary/aromatic N) is 1. The highest BCUT2D eigenvalue weighted by Crippen LogP contribution is 2.21. The lowest BCUT2D eigenvalue weighted by molar-refractivity contribution is -0.151. The van der Waals surface area contributed by atoms with Crippen molar-refractivity contribution in [2.75, 3.05) is 13.2 Å². The molecule has 0 unspecified atom stereocenters. The van der Waals surface area contributed by atoms with Crippen molar-refractivity contribution in [3.63, 3.8) is 0 Å². The van der Waals surface area contributed by atoms with Gasteiger partial charge >= 0.3 is 5.97 Å². The molecule has 1 aromatic carbocycles. The van der Waals surface area contributed by atoms with Crippen LogP contribution in [0.5, 0.6) is 0 Å². The number of likely N-dealkylation sites (tertiary alicyclic amines) is 1. The Hall–Kier alpha value is -1.06. The first-order valence-electron chi connectivity index (χ1n) is 6.86. The highest BCUT2D eigenvalue weighted by molar-refractivity contribution is 6.30. The van der Waals surface area contributed by atoms with E-state index in [1.165, 1.54) is 5.56 Å². The summed E-state index contributed by atoms with van der Waals surface area (Å²) in [5.41, 5.74) is 1.18. The summed E-state index contributed by atoms with van der Waals surface area (Å²) in [7, 11) is 0. The van der Waals surface area contributed by atoms with E-state index in [1.54, 1.807) is 0 Å². The Kier molecular flexibility index (Phi) is 5.23. The maximum absolute atomic E-state index is 12.0.